The maximum atomic E-state index is 13.0. The van der Waals surface area contributed by atoms with Crippen LogP contribution in [-0.4, -0.2) is 35.7 Å². The highest BCUT2D eigenvalue weighted by atomic mass is 19.1. The van der Waals surface area contributed by atoms with E-state index in [1.165, 1.54) is 12.1 Å². The maximum Gasteiger partial charge on any atom is 0.488 e. The van der Waals surface area contributed by atoms with Crippen LogP contribution in [0.3, 0.4) is 0 Å². The van der Waals surface area contributed by atoms with E-state index in [0.29, 0.717) is 12.5 Å². The molecule has 1 aromatic rings. The molecule has 1 aromatic carbocycles. The second-order valence-corrected chi connectivity index (χ2v) is 4.81. The molecule has 0 saturated heterocycles. The van der Waals surface area contributed by atoms with Gasteiger partial charge in [-0.2, -0.15) is 0 Å². The third kappa shape index (κ3) is 4.46. The Labute approximate surface area is 102 Å². The summed E-state index contributed by atoms with van der Waals surface area (Å²) in [6.45, 7) is 5.70. The fraction of sp³-hybridized carbons (Fsp3) is 0.500. The van der Waals surface area contributed by atoms with Gasteiger partial charge in [0.05, 0.1) is 0 Å². The van der Waals surface area contributed by atoms with Crippen LogP contribution in [0.5, 0.6) is 0 Å². The van der Waals surface area contributed by atoms with Crippen molar-refractivity contribution >= 4 is 12.6 Å². The highest BCUT2D eigenvalue weighted by Gasteiger charge is 2.17. The summed E-state index contributed by atoms with van der Waals surface area (Å²) < 4.78 is 13.0. The van der Waals surface area contributed by atoms with Gasteiger partial charge in [0.25, 0.3) is 0 Å². The Kier molecular flexibility index (Phi) is 5.12. The lowest BCUT2D eigenvalue weighted by molar-refractivity contribution is 0.288. The minimum atomic E-state index is -1.63. The van der Waals surface area contributed by atoms with E-state index in [2.05, 4.69) is 18.7 Å². The first-order chi connectivity index (χ1) is 7.90. The van der Waals surface area contributed by atoms with Crippen LogP contribution in [0, 0.1) is 11.7 Å². The zero-order valence-corrected chi connectivity index (χ0v) is 10.5. The molecule has 0 spiro atoms. The van der Waals surface area contributed by atoms with Gasteiger partial charge in [-0.05, 0) is 36.1 Å². The molecule has 0 aliphatic carbocycles. The summed E-state index contributed by atoms with van der Waals surface area (Å²) in [7, 11) is 0.324. The van der Waals surface area contributed by atoms with Gasteiger partial charge in [0, 0.05) is 13.1 Å². The van der Waals surface area contributed by atoms with Gasteiger partial charge < -0.3 is 14.9 Å². The van der Waals surface area contributed by atoms with Crippen LogP contribution in [0.2, 0.25) is 0 Å². The number of hydrogen-bond acceptors (Lipinski definition) is 3. The van der Waals surface area contributed by atoms with E-state index in [1.54, 1.807) is 6.07 Å². The molecule has 0 aliphatic rings. The zero-order valence-electron chi connectivity index (χ0n) is 10.5. The molecule has 1 rings (SSSR count). The van der Waals surface area contributed by atoms with Gasteiger partial charge in [-0.15, -0.1) is 0 Å². The third-order valence-corrected chi connectivity index (χ3v) is 2.50. The van der Waals surface area contributed by atoms with Gasteiger partial charge >= 0.3 is 7.12 Å². The first-order valence-corrected chi connectivity index (χ1v) is 5.73. The average molecular weight is 239 g/mol. The summed E-state index contributed by atoms with van der Waals surface area (Å²) in [6, 6.07) is 4.11. The van der Waals surface area contributed by atoms with Gasteiger partial charge in [0.15, 0.2) is 0 Å². The molecule has 2 N–H and O–H groups in total. The van der Waals surface area contributed by atoms with Gasteiger partial charge in [-0.25, -0.2) is 4.39 Å². The lowest BCUT2D eigenvalue weighted by Crippen LogP contribution is -2.36. The summed E-state index contributed by atoms with van der Waals surface area (Å²) in [5, 5.41) is 18.4. The standard InChI is InChI=1S/C12H19BFNO2/c1-9(2)7-15(3)8-10-4-5-11(14)6-12(10)13(16)17/h4-6,9,16-17H,7-8H2,1-3H3. The molecule has 0 aliphatic heterocycles. The molecule has 0 unspecified atom stereocenters. The molecular weight excluding hydrogens is 220 g/mol. The maximum absolute atomic E-state index is 13.0. The third-order valence-electron chi connectivity index (χ3n) is 2.50. The van der Waals surface area contributed by atoms with Crippen LogP contribution in [0.25, 0.3) is 0 Å². The van der Waals surface area contributed by atoms with Crippen molar-refractivity contribution < 1.29 is 14.4 Å². The summed E-state index contributed by atoms with van der Waals surface area (Å²) in [4.78, 5) is 2.07. The normalized spacial score (nSPS) is 11.3. The Morgan fingerprint density at radius 2 is 2.00 bits per heavy atom. The lowest BCUT2D eigenvalue weighted by Gasteiger charge is -2.20. The van der Waals surface area contributed by atoms with Crippen molar-refractivity contribution in [2.24, 2.45) is 5.92 Å². The molecule has 0 heterocycles. The summed E-state index contributed by atoms with van der Waals surface area (Å²) in [5.41, 5.74) is 0.977. The molecule has 5 heteroatoms. The Morgan fingerprint density at radius 1 is 1.35 bits per heavy atom. The predicted molar refractivity (Wildman–Crippen MR) is 67.4 cm³/mol. The summed E-state index contributed by atoms with van der Waals surface area (Å²) in [5.74, 6) is 0.0753. The average Bonchev–Trinajstić information content (AvgIpc) is 2.19. The molecule has 0 saturated carbocycles. The van der Waals surface area contributed by atoms with E-state index in [9.17, 15) is 14.4 Å². The van der Waals surface area contributed by atoms with Crippen molar-refractivity contribution in [2.75, 3.05) is 13.6 Å². The van der Waals surface area contributed by atoms with E-state index >= 15 is 0 Å². The highest BCUT2D eigenvalue weighted by Crippen LogP contribution is 2.06. The molecule has 17 heavy (non-hydrogen) atoms. The number of hydrogen-bond donors (Lipinski definition) is 2. The van der Waals surface area contributed by atoms with E-state index in [4.69, 9.17) is 0 Å². The fourth-order valence-electron chi connectivity index (χ4n) is 1.93. The van der Waals surface area contributed by atoms with Crippen LogP contribution in [0.1, 0.15) is 19.4 Å². The Bertz CT molecular complexity index is 372. The van der Waals surface area contributed by atoms with Gasteiger partial charge in [0.2, 0.25) is 0 Å². The quantitative estimate of drug-likeness (QED) is 0.739. The Hall–Kier alpha value is -0.905. The molecule has 0 amide bonds. The second kappa shape index (κ2) is 6.14. The van der Waals surface area contributed by atoms with Crippen LogP contribution >= 0.6 is 0 Å². The predicted octanol–water partition coefficient (Wildman–Crippen LogP) is 0.593. The fourth-order valence-corrected chi connectivity index (χ4v) is 1.93. The number of halogens is 1. The smallest absolute Gasteiger partial charge is 0.423 e. The number of benzene rings is 1. The van der Waals surface area contributed by atoms with E-state index < -0.39 is 12.9 Å². The van der Waals surface area contributed by atoms with E-state index in [-0.39, 0.29) is 5.46 Å². The molecule has 0 bridgehead atoms. The molecule has 0 aromatic heterocycles. The minimum Gasteiger partial charge on any atom is -0.423 e. The van der Waals surface area contributed by atoms with Crippen molar-refractivity contribution in [1.82, 2.24) is 4.90 Å². The van der Waals surface area contributed by atoms with Crippen molar-refractivity contribution in [1.29, 1.82) is 0 Å². The van der Waals surface area contributed by atoms with Crippen LogP contribution < -0.4 is 5.46 Å². The van der Waals surface area contributed by atoms with Crippen molar-refractivity contribution in [3.8, 4) is 0 Å². The molecule has 94 valence electrons. The van der Waals surface area contributed by atoms with E-state index in [0.717, 1.165) is 12.1 Å². The summed E-state index contributed by atoms with van der Waals surface area (Å²) >= 11 is 0. The first kappa shape index (κ1) is 14.2. The van der Waals surface area contributed by atoms with Crippen molar-refractivity contribution in [3.63, 3.8) is 0 Å². The van der Waals surface area contributed by atoms with Crippen molar-refractivity contribution in [3.05, 3.63) is 29.6 Å². The van der Waals surface area contributed by atoms with Gasteiger partial charge in [-0.1, -0.05) is 19.9 Å². The molecule has 0 atom stereocenters. The van der Waals surface area contributed by atoms with E-state index in [1.807, 2.05) is 7.05 Å². The molecule has 3 nitrogen and oxygen atoms in total. The largest absolute Gasteiger partial charge is 0.488 e. The van der Waals surface area contributed by atoms with Gasteiger partial charge in [-0.3, -0.25) is 0 Å². The second-order valence-electron chi connectivity index (χ2n) is 4.81. The number of nitrogens with zero attached hydrogens (tertiary/aromatic N) is 1. The topological polar surface area (TPSA) is 43.7 Å². The Morgan fingerprint density at radius 3 is 2.53 bits per heavy atom. The van der Waals surface area contributed by atoms with Gasteiger partial charge in [0.1, 0.15) is 5.82 Å². The minimum absolute atomic E-state index is 0.237. The Balaban J connectivity index is 2.83. The van der Waals surface area contributed by atoms with Crippen LogP contribution in [0.4, 0.5) is 4.39 Å². The first-order valence-electron chi connectivity index (χ1n) is 5.73. The number of rotatable bonds is 5. The lowest BCUT2D eigenvalue weighted by atomic mass is 9.77. The SMILES string of the molecule is CC(C)CN(C)Cc1ccc(F)cc1B(O)O. The molecular formula is C12H19BFNO2. The van der Waals surface area contributed by atoms with Crippen molar-refractivity contribution in [2.45, 2.75) is 20.4 Å². The zero-order chi connectivity index (χ0) is 13.0. The van der Waals surface area contributed by atoms with Crippen LogP contribution in [0.15, 0.2) is 18.2 Å². The highest BCUT2D eigenvalue weighted by molar-refractivity contribution is 6.59. The summed E-state index contributed by atoms with van der Waals surface area (Å²) in [6.07, 6.45) is 0. The molecule has 0 radical (unpaired) electrons. The monoisotopic (exact) mass is 239 g/mol. The molecule has 0 fully saturated rings. The van der Waals surface area contributed by atoms with Crippen LogP contribution in [-0.2, 0) is 6.54 Å².